The summed E-state index contributed by atoms with van der Waals surface area (Å²) in [5.74, 6) is -2.06. The number of benzene rings is 3. The summed E-state index contributed by atoms with van der Waals surface area (Å²) in [4.78, 5) is 77.2. The normalized spacial score (nSPS) is 16.3. The summed E-state index contributed by atoms with van der Waals surface area (Å²) in [5.41, 5.74) is -0.655. The van der Waals surface area contributed by atoms with Crippen molar-refractivity contribution in [2.75, 3.05) is 6.73 Å². The average Bonchev–Trinajstić information content (AvgIpc) is 3.07. The number of para-hydroxylation sites is 1. The second-order valence-corrected chi connectivity index (χ2v) is 11.3. The molecule has 5 rings (SSSR count). The maximum atomic E-state index is 13.6. The van der Waals surface area contributed by atoms with Gasteiger partial charge in [0.05, 0.1) is 11.3 Å². The molecule has 1 aromatic heterocycles. The van der Waals surface area contributed by atoms with Crippen LogP contribution in [0.3, 0.4) is 0 Å². The first kappa shape index (κ1) is 31.9. The zero-order valence-electron chi connectivity index (χ0n) is 24.0. The molecule has 236 valence electrons. The summed E-state index contributed by atoms with van der Waals surface area (Å²) in [5, 5.41) is 21.0. The first-order chi connectivity index (χ1) is 22.2. The number of aromatic nitrogens is 2. The SMILES string of the molecule is O=C(Cc1ccccc1)N[C@@H]1C(=O)N(CO)[C@@H]1SC(C(=O)OCc1ccc([N+](=O)[O-])cc1)n1ccn(-c2ccccc2)c(=O)c1=O. The van der Waals surface area contributed by atoms with Gasteiger partial charge in [-0.25, -0.2) is 4.79 Å². The minimum absolute atomic E-state index is 0.0288. The van der Waals surface area contributed by atoms with Gasteiger partial charge in [-0.1, -0.05) is 60.3 Å². The predicted molar refractivity (Wildman–Crippen MR) is 166 cm³/mol. The molecule has 0 bridgehead atoms. The molecule has 15 heteroatoms. The molecular formula is C31H27N5O9S. The number of ether oxygens (including phenoxy) is 1. The molecule has 1 aliphatic heterocycles. The van der Waals surface area contributed by atoms with E-state index in [1.54, 1.807) is 60.7 Å². The molecule has 4 aromatic rings. The van der Waals surface area contributed by atoms with Gasteiger partial charge in [0, 0.05) is 30.2 Å². The molecule has 46 heavy (non-hydrogen) atoms. The van der Waals surface area contributed by atoms with E-state index in [-0.39, 0.29) is 18.7 Å². The Kier molecular flexibility index (Phi) is 9.73. The standard InChI is InChI=1S/C31H27N5O9S/c37-19-35-26(39)25(32-24(38)17-20-7-3-1-4-8-20)29(35)46-30(31(42)45-18-21-11-13-23(14-12-21)36(43)44)34-16-15-33(27(40)28(34)41)22-9-5-2-6-10-22/h1-16,25,29-30,37H,17-19H2,(H,32,38)/t25-,29-,30?/m1/s1. The van der Waals surface area contributed by atoms with E-state index < -0.39 is 57.3 Å². The van der Waals surface area contributed by atoms with Crippen LogP contribution in [0, 0.1) is 10.1 Å². The second-order valence-electron chi connectivity index (χ2n) is 10.1. The van der Waals surface area contributed by atoms with E-state index in [0.717, 1.165) is 25.8 Å². The fraction of sp³-hybridized carbons (Fsp3) is 0.194. The highest BCUT2D eigenvalue weighted by Crippen LogP contribution is 2.37. The number of hydrogen-bond donors (Lipinski definition) is 2. The Morgan fingerprint density at radius 2 is 1.57 bits per heavy atom. The van der Waals surface area contributed by atoms with E-state index in [4.69, 9.17) is 4.74 Å². The maximum Gasteiger partial charge on any atom is 0.340 e. The molecular weight excluding hydrogens is 618 g/mol. The summed E-state index contributed by atoms with van der Waals surface area (Å²) in [6.45, 7) is -1.06. The quantitative estimate of drug-likeness (QED) is 0.0757. The van der Waals surface area contributed by atoms with Crippen molar-refractivity contribution in [1.82, 2.24) is 19.4 Å². The molecule has 2 N–H and O–H groups in total. The lowest BCUT2D eigenvalue weighted by atomic mass is 10.1. The van der Waals surface area contributed by atoms with E-state index in [0.29, 0.717) is 16.8 Å². The lowest BCUT2D eigenvalue weighted by molar-refractivity contribution is -0.384. The molecule has 0 saturated carbocycles. The number of hydrogen-bond acceptors (Lipinski definition) is 10. The monoisotopic (exact) mass is 645 g/mol. The zero-order chi connectivity index (χ0) is 32.8. The van der Waals surface area contributed by atoms with E-state index in [1.165, 1.54) is 36.7 Å². The van der Waals surface area contributed by atoms with E-state index in [2.05, 4.69) is 5.32 Å². The number of rotatable bonds is 12. The van der Waals surface area contributed by atoms with Gasteiger partial charge in [0.25, 0.3) is 11.6 Å². The number of esters is 1. The molecule has 1 fully saturated rings. The Hall–Kier alpha value is -5.54. The number of aliphatic hydroxyl groups is 1. The van der Waals surface area contributed by atoms with E-state index >= 15 is 0 Å². The fourth-order valence-electron chi connectivity index (χ4n) is 4.74. The largest absolute Gasteiger partial charge is 0.459 e. The van der Waals surface area contributed by atoms with Crippen LogP contribution in [-0.2, 0) is 32.1 Å². The predicted octanol–water partition coefficient (Wildman–Crippen LogP) is 1.73. The van der Waals surface area contributed by atoms with Crippen molar-refractivity contribution in [2.24, 2.45) is 0 Å². The number of nitro groups is 1. The topological polar surface area (TPSA) is 183 Å². The fourth-order valence-corrected chi connectivity index (χ4v) is 6.13. The number of thioether (sulfide) groups is 1. The number of carbonyl (C=O) groups excluding carboxylic acids is 3. The first-order valence-electron chi connectivity index (χ1n) is 13.9. The lowest BCUT2D eigenvalue weighted by Crippen LogP contribution is -2.70. The Labute approximate surface area is 265 Å². The highest BCUT2D eigenvalue weighted by atomic mass is 32.2. The van der Waals surface area contributed by atoms with Crippen LogP contribution in [-0.4, -0.2) is 60.0 Å². The molecule has 0 spiro atoms. The smallest absolute Gasteiger partial charge is 0.340 e. The summed E-state index contributed by atoms with van der Waals surface area (Å²) < 4.78 is 7.44. The van der Waals surface area contributed by atoms with Gasteiger partial charge in [0.2, 0.25) is 5.91 Å². The summed E-state index contributed by atoms with van der Waals surface area (Å²) in [6, 6.07) is 21.3. The Morgan fingerprint density at radius 1 is 0.913 bits per heavy atom. The second kappa shape index (κ2) is 14.0. The van der Waals surface area contributed by atoms with Crippen molar-refractivity contribution in [2.45, 2.75) is 29.8 Å². The van der Waals surface area contributed by atoms with Gasteiger partial charge in [-0.15, -0.1) is 0 Å². The molecule has 0 aliphatic carbocycles. The molecule has 0 radical (unpaired) electrons. The molecule has 3 atom stereocenters. The van der Waals surface area contributed by atoms with Gasteiger partial charge in [-0.2, -0.15) is 0 Å². The average molecular weight is 646 g/mol. The number of nitrogens with one attached hydrogen (secondary N) is 1. The van der Waals surface area contributed by atoms with Crippen LogP contribution < -0.4 is 16.4 Å². The van der Waals surface area contributed by atoms with Crippen molar-refractivity contribution in [1.29, 1.82) is 0 Å². The molecule has 1 unspecified atom stereocenters. The van der Waals surface area contributed by atoms with Crippen molar-refractivity contribution < 1.29 is 29.2 Å². The van der Waals surface area contributed by atoms with Crippen LogP contribution in [0.25, 0.3) is 5.69 Å². The van der Waals surface area contributed by atoms with Crippen LogP contribution >= 0.6 is 11.8 Å². The van der Waals surface area contributed by atoms with Gasteiger partial charge in [-0.05, 0) is 35.4 Å². The van der Waals surface area contributed by atoms with Crippen LogP contribution in [0.15, 0.2) is 107 Å². The van der Waals surface area contributed by atoms with E-state index in [1.807, 2.05) is 0 Å². The van der Waals surface area contributed by atoms with Crippen molar-refractivity contribution in [3.8, 4) is 5.69 Å². The summed E-state index contributed by atoms with van der Waals surface area (Å²) >= 11 is 0.733. The van der Waals surface area contributed by atoms with Gasteiger partial charge in [0.15, 0.2) is 5.37 Å². The molecule has 3 aromatic carbocycles. The molecule has 14 nitrogen and oxygen atoms in total. The van der Waals surface area contributed by atoms with Gasteiger partial charge >= 0.3 is 17.1 Å². The molecule has 2 amide bonds. The minimum atomic E-state index is -1.54. The number of nitro benzene ring substituents is 1. The zero-order valence-corrected chi connectivity index (χ0v) is 24.8. The number of non-ortho nitro benzene ring substituents is 1. The minimum Gasteiger partial charge on any atom is -0.459 e. The van der Waals surface area contributed by atoms with Gasteiger partial charge < -0.3 is 20.1 Å². The third-order valence-corrected chi connectivity index (χ3v) is 8.60. The highest BCUT2D eigenvalue weighted by molar-refractivity contribution is 8.00. The first-order valence-corrected chi connectivity index (χ1v) is 14.8. The Morgan fingerprint density at radius 3 is 2.20 bits per heavy atom. The molecule has 1 aliphatic rings. The Balaban J connectivity index is 1.43. The number of β-lactam (4-membered cyclic amide) rings is 1. The van der Waals surface area contributed by atoms with Crippen molar-refractivity contribution in [3.63, 3.8) is 0 Å². The number of nitrogens with zero attached hydrogens (tertiary/aromatic N) is 4. The van der Waals surface area contributed by atoms with Crippen molar-refractivity contribution >= 4 is 35.2 Å². The maximum absolute atomic E-state index is 13.6. The van der Waals surface area contributed by atoms with Gasteiger partial charge in [0.1, 0.15) is 24.8 Å². The lowest BCUT2D eigenvalue weighted by Gasteiger charge is -2.46. The third-order valence-electron chi connectivity index (χ3n) is 7.12. The molecule has 1 saturated heterocycles. The van der Waals surface area contributed by atoms with Crippen LogP contribution in [0.1, 0.15) is 16.5 Å². The van der Waals surface area contributed by atoms with Crippen LogP contribution in [0.5, 0.6) is 0 Å². The number of likely N-dealkylation sites (tertiary alicyclic amines) is 1. The third kappa shape index (κ3) is 6.90. The van der Waals surface area contributed by atoms with Crippen molar-refractivity contribution in [3.05, 3.63) is 139 Å². The number of aliphatic hydroxyl groups excluding tert-OH is 1. The number of carbonyl (C=O) groups is 3. The summed E-state index contributed by atoms with van der Waals surface area (Å²) in [7, 11) is 0. The van der Waals surface area contributed by atoms with Crippen LogP contribution in [0.4, 0.5) is 5.69 Å². The molecule has 2 heterocycles. The summed E-state index contributed by atoms with van der Waals surface area (Å²) in [6.07, 6.45) is 2.51. The highest BCUT2D eigenvalue weighted by Gasteiger charge is 2.50. The number of amides is 2. The Bertz CT molecular complexity index is 1860. The van der Waals surface area contributed by atoms with Crippen LogP contribution in [0.2, 0.25) is 0 Å². The van der Waals surface area contributed by atoms with Gasteiger partial charge in [-0.3, -0.25) is 38.4 Å². The van der Waals surface area contributed by atoms with E-state index in [9.17, 15) is 39.2 Å².